The third-order valence-electron chi connectivity index (χ3n) is 4.19. The number of fused-ring (bicyclic) bond motifs is 1. The van der Waals surface area contributed by atoms with Crippen molar-refractivity contribution in [1.29, 1.82) is 0 Å². The van der Waals surface area contributed by atoms with Crippen LogP contribution in [0.3, 0.4) is 0 Å². The Labute approximate surface area is 143 Å². The Morgan fingerprint density at radius 2 is 2.13 bits per heavy atom. The third-order valence-corrected chi connectivity index (χ3v) is 5.47. The van der Waals surface area contributed by atoms with Gasteiger partial charge in [0.15, 0.2) is 0 Å². The van der Waals surface area contributed by atoms with Crippen molar-refractivity contribution in [1.82, 2.24) is 4.98 Å². The molecule has 23 heavy (non-hydrogen) atoms. The molecule has 3 nitrogen and oxygen atoms in total. The zero-order chi connectivity index (χ0) is 16.0. The molecule has 1 fully saturated rings. The summed E-state index contributed by atoms with van der Waals surface area (Å²) in [5, 5.41) is 4.80. The van der Waals surface area contributed by atoms with Crippen LogP contribution in [0.25, 0.3) is 10.2 Å². The van der Waals surface area contributed by atoms with Gasteiger partial charge in [-0.15, -0.1) is 11.3 Å². The summed E-state index contributed by atoms with van der Waals surface area (Å²) in [7, 11) is 0. The molecule has 1 amide bonds. The lowest BCUT2D eigenvalue weighted by Gasteiger charge is -2.06. The van der Waals surface area contributed by atoms with Crippen LogP contribution in [0.1, 0.15) is 22.9 Å². The Morgan fingerprint density at radius 3 is 2.96 bits per heavy atom. The fourth-order valence-corrected chi connectivity index (χ4v) is 4.10. The number of thiazole rings is 1. The summed E-state index contributed by atoms with van der Waals surface area (Å²) in [5.74, 6) is 0.308. The molecule has 1 aliphatic rings. The van der Waals surface area contributed by atoms with Gasteiger partial charge in [-0.3, -0.25) is 4.79 Å². The maximum atomic E-state index is 12.4. The second-order valence-corrected chi connectivity index (χ2v) is 7.52. The Bertz CT molecular complexity index is 905. The van der Waals surface area contributed by atoms with Crippen molar-refractivity contribution in [2.24, 2.45) is 5.92 Å². The van der Waals surface area contributed by atoms with Gasteiger partial charge < -0.3 is 5.32 Å². The van der Waals surface area contributed by atoms with Crippen LogP contribution in [0, 0.1) is 12.8 Å². The molecule has 0 radical (unpaired) electrons. The van der Waals surface area contributed by atoms with Crippen LogP contribution in [0.15, 0.2) is 42.5 Å². The molecule has 2 unspecified atom stereocenters. The van der Waals surface area contributed by atoms with E-state index in [2.05, 4.69) is 10.3 Å². The summed E-state index contributed by atoms with van der Waals surface area (Å²) in [6, 6.07) is 13.6. The highest BCUT2D eigenvalue weighted by Crippen LogP contribution is 2.50. The molecular formula is C18H15ClN2OS. The average Bonchev–Trinajstić information content (AvgIpc) is 3.23. The zero-order valence-electron chi connectivity index (χ0n) is 12.5. The van der Waals surface area contributed by atoms with Gasteiger partial charge in [-0.1, -0.05) is 29.8 Å². The first-order chi connectivity index (χ1) is 11.1. The number of nitrogens with zero attached hydrogens (tertiary/aromatic N) is 1. The van der Waals surface area contributed by atoms with Gasteiger partial charge in [0.2, 0.25) is 5.91 Å². The molecular weight excluding hydrogens is 328 g/mol. The van der Waals surface area contributed by atoms with Gasteiger partial charge in [0, 0.05) is 16.6 Å². The Hall–Kier alpha value is -1.91. The first-order valence-corrected chi connectivity index (χ1v) is 8.74. The lowest BCUT2D eigenvalue weighted by atomic mass is 10.1. The van der Waals surface area contributed by atoms with E-state index in [9.17, 15) is 4.79 Å². The van der Waals surface area contributed by atoms with Crippen molar-refractivity contribution in [3.05, 3.63) is 58.1 Å². The van der Waals surface area contributed by atoms with Crippen molar-refractivity contribution in [3.8, 4) is 0 Å². The molecule has 116 valence electrons. The highest BCUT2D eigenvalue weighted by molar-refractivity contribution is 7.18. The van der Waals surface area contributed by atoms with Crippen LogP contribution in [0.2, 0.25) is 5.02 Å². The highest BCUT2D eigenvalue weighted by atomic mass is 35.5. The standard InChI is InChI=1S/C18H15ClN2OS/c1-10-20-16-7-6-11(8-17(16)23-10)21-18(22)14-9-13(14)12-4-2-3-5-15(12)19/h2-8,13-14H,9H2,1H3,(H,21,22). The van der Waals surface area contributed by atoms with E-state index in [1.54, 1.807) is 11.3 Å². The van der Waals surface area contributed by atoms with Gasteiger partial charge in [-0.05, 0) is 49.1 Å². The Balaban J connectivity index is 1.49. The number of carbonyl (C=O) groups excluding carboxylic acids is 1. The number of hydrogen-bond acceptors (Lipinski definition) is 3. The van der Waals surface area contributed by atoms with Gasteiger partial charge in [-0.2, -0.15) is 0 Å². The van der Waals surface area contributed by atoms with Crippen molar-refractivity contribution in [2.75, 3.05) is 5.32 Å². The predicted molar refractivity (Wildman–Crippen MR) is 95.3 cm³/mol. The van der Waals surface area contributed by atoms with Crippen molar-refractivity contribution in [3.63, 3.8) is 0 Å². The van der Waals surface area contributed by atoms with E-state index in [0.29, 0.717) is 0 Å². The molecule has 0 aliphatic heterocycles. The smallest absolute Gasteiger partial charge is 0.228 e. The Kier molecular flexibility index (Phi) is 3.58. The molecule has 1 saturated carbocycles. The van der Waals surface area contributed by atoms with Gasteiger partial charge >= 0.3 is 0 Å². The van der Waals surface area contributed by atoms with E-state index < -0.39 is 0 Å². The average molecular weight is 343 g/mol. The first-order valence-electron chi connectivity index (χ1n) is 7.54. The lowest BCUT2D eigenvalue weighted by Crippen LogP contribution is -2.14. The number of carbonyl (C=O) groups is 1. The minimum atomic E-state index is 0.00814. The molecule has 1 heterocycles. The minimum Gasteiger partial charge on any atom is -0.326 e. The van der Waals surface area contributed by atoms with Crippen LogP contribution in [-0.2, 0) is 4.79 Å². The monoisotopic (exact) mass is 342 g/mol. The quantitative estimate of drug-likeness (QED) is 0.727. The first kappa shape index (κ1) is 14.7. The fraction of sp³-hybridized carbons (Fsp3) is 0.222. The van der Waals surface area contributed by atoms with Crippen LogP contribution < -0.4 is 5.32 Å². The van der Waals surface area contributed by atoms with Crippen molar-refractivity contribution < 1.29 is 4.79 Å². The molecule has 3 aromatic rings. The number of benzene rings is 2. The maximum Gasteiger partial charge on any atom is 0.228 e. The number of hydrogen-bond donors (Lipinski definition) is 1. The minimum absolute atomic E-state index is 0.00814. The van der Waals surface area contributed by atoms with Gasteiger partial charge in [-0.25, -0.2) is 4.98 Å². The largest absolute Gasteiger partial charge is 0.326 e. The molecule has 2 atom stereocenters. The van der Waals surface area contributed by atoms with Crippen LogP contribution in [0.5, 0.6) is 0 Å². The number of aromatic nitrogens is 1. The molecule has 1 N–H and O–H groups in total. The van der Waals surface area contributed by atoms with Crippen molar-refractivity contribution >= 4 is 44.7 Å². The summed E-state index contributed by atoms with van der Waals surface area (Å²) >= 11 is 7.86. The number of anilines is 1. The van der Waals surface area contributed by atoms with Crippen LogP contribution >= 0.6 is 22.9 Å². The van der Waals surface area contributed by atoms with E-state index >= 15 is 0 Å². The van der Waals surface area contributed by atoms with Crippen LogP contribution in [0.4, 0.5) is 5.69 Å². The van der Waals surface area contributed by atoms with Gasteiger partial charge in [0.25, 0.3) is 0 Å². The summed E-state index contributed by atoms with van der Waals surface area (Å²) in [6.07, 6.45) is 0.859. The van der Waals surface area contributed by atoms with Crippen LogP contribution in [-0.4, -0.2) is 10.9 Å². The molecule has 0 saturated heterocycles. The molecule has 1 aliphatic carbocycles. The maximum absolute atomic E-state index is 12.4. The number of rotatable bonds is 3. The molecule has 0 spiro atoms. The van der Waals surface area contributed by atoms with Gasteiger partial charge in [0.05, 0.1) is 15.2 Å². The molecule has 0 bridgehead atoms. The second-order valence-electron chi connectivity index (χ2n) is 5.87. The summed E-state index contributed by atoms with van der Waals surface area (Å²) in [6.45, 7) is 1.99. The van der Waals surface area contributed by atoms with E-state index in [4.69, 9.17) is 11.6 Å². The number of nitrogens with one attached hydrogen (secondary N) is 1. The third kappa shape index (κ3) is 2.84. The molecule has 2 aromatic carbocycles. The molecule has 4 rings (SSSR count). The topological polar surface area (TPSA) is 42.0 Å². The van der Waals surface area contributed by atoms with Gasteiger partial charge in [0.1, 0.15) is 0 Å². The zero-order valence-corrected chi connectivity index (χ0v) is 14.1. The second kappa shape index (κ2) is 5.62. The normalized spacial score (nSPS) is 19.7. The van der Waals surface area contributed by atoms with E-state index in [-0.39, 0.29) is 17.7 Å². The summed E-state index contributed by atoms with van der Waals surface area (Å²) in [5.41, 5.74) is 2.88. The lowest BCUT2D eigenvalue weighted by molar-refractivity contribution is -0.117. The van der Waals surface area contributed by atoms with E-state index in [0.717, 1.165) is 37.9 Å². The van der Waals surface area contributed by atoms with E-state index in [1.165, 1.54) is 0 Å². The molecule has 1 aromatic heterocycles. The summed E-state index contributed by atoms with van der Waals surface area (Å²) < 4.78 is 1.10. The van der Waals surface area contributed by atoms with E-state index in [1.807, 2.05) is 49.4 Å². The number of halogens is 1. The predicted octanol–water partition coefficient (Wildman–Crippen LogP) is 5.00. The number of aryl methyl sites for hydroxylation is 1. The van der Waals surface area contributed by atoms with Crippen molar-refractivity contribution in [2.45, 2.75) is 19.3 Å². The molecule has 5 heteroatoms. The highest BCUT2D eigenvalue weighted by Gasteiger charge is 2.44. The number of amides is 1. The summed E-state index contributed by atoms with van der Waals surface area (Å²) in [4.78, 5) is 16.9. The Morgan fingerprint density at radius 1 is 1.30 bits per heavy atom. The fourth-order valence-electron chi connectivity index (χ4n) is 2.96. The SMILES string of the molecule is Cc1nc2ccc(NC(=O)C3CC3c3ccccc3Cl)cc2s1.